The normalized spacial score (nSPS) is 10.8. The van der Waals surface area contributed by atoms with Gasteiger partial charge in [-0.3, -0.25) is 4.79 Å². The van der Waals surface area contributed by atoms with Gasteiger partial charge in [-0.25, -0.2) is 4.39 Å². The summed E-state index contributed by atoms with van der Waals surface area (Å²) in [5.41, 5.74) is 4.06. The SMILES string of the molecule is Cc1cccc(NC(=O)c2c[nH]c3cc(F)ccc23)c1C. The Morgan fingerprint density at radius 1 is 1.19 bits per heavy atom. The molecule has 0 saturated carbocycles. The number of anilines is 1. The topological polar surface area (TPSA) is 44.9 Å². The smallest absolute Gasteiger partial charge is 0.257 e. The van der Waals surface area contributed by atoms with Crippen LogP contribution in [0.15, 0.2) is 42.6 Å². The Labute approximate surface area is 121 Å². The van der Waals surface area contributed by atoms with Gasteiger partial charge in [0, 0.05) is 22.8 Å². The minimum atomic E-state index is -0.328. The first-order valence-corrected chi connectivity index (χ1v) is 6.70. The lowest BCUT2D eigenvalue weighted by Crippen LogP contribution is -2.12. The molecule has 0 radical (unpaired) electrons. The quantitative estimate of drug-likeness (QED) is 0.727. The summed E-state index contributed by atoms with van der Waals surface area (Å²) in [5.74, 6) is -0.535. The first kappa shape index (κ1) is 13.4. The van der Waals surface area contributed by atoms with Crippen molar-refractivity contribution in [1.29, 1.82) is 0 Å². The molecule has 1 aromatic heterocycles. The van der Waals surface area contributed by atoms with E-state index in [1.807, 2.05) is 32.0 Å². The molecule has 3 rings (SSSR count). The van der Waals surface area contributed by atoms with E-state index < -0.39 is 0 Å². The molecule has 0 unspecified atom stereocenters. The molecule has 21 heavy (non-hydrogen) atoms. The summed E-state index contributed by atoms with van der Waals surface area (Å²) in [6.45, 7) is 3.97. The summed E-state index contributed by atoms with van der Waals surface area (Å²) in [6.07, 6.45) is 1.60. The molecule has 0 saturated heterocycles. The maximum Gasteiger partial charge on any atom is 0.257 e. The number of aromatic nitrogens is 1. The highest BCUT2D eigenvalue weighted by Gasteiger charge is 2.13. The highest BCUT2D eigenvalue weighted by atomic mass is 19.1. The molecule has 0 aliphatic carbocycles. The van der Waals surface area contributed by atoms with Crippen LogP contribution in [0.5, 0.6) is 0 Å². The summed E-state index contributed by atoms with van der Waals surface area (Å²) in [5, 5.41) is 3.62. The van der Waals surface area contributed by atoms with Crippen LogP contribution in [-0.4, -0.2) is 10.9 Å². The minimum absolute atomic E-state index is 0.207. The van der Waals surface area contributed by atoms with Gasteiger partial charge in [-0.1, -0.05) is 12.1 Å². The molecule has 0 spiro atoms. The molecular formula is C17H15FN2O. The average Bonchev–Trinajstić information content (AvgIpc) is 2.86. The van der Waals surface area contributed by atoms with E-state index in [2.05, 4.69) is 10.3 Å². The van der Waals surface area contributed by atoms with Crippen LogP contribution >= 0.6 is 0 Å². The molecule has 0 atom stereocenters. The van der Waals surface area contributed by atoms with E-state index in [0.717, 1.165) is 16.8 Å². The monoisotopic (exact) mass is 282 g/mol. The fourth-order valence-corrected chi connectivity index (χ4v) is 2.36. The number of aryl methyl sites for hydroxylation is 1. The van der Waals surface area contributed by atoms with Gasteiger partial charge >= 0.3 is 0 Å². The van der Waals surface area contributed by atoms with Crippen LogP contribution in [0, 0.1) is 19.7 Å². The van der Waals surface area contributed by atoms with E-state index in [1.54, 1.807) is 12.3 Å². The van der Waals surface area contributed by atoms with Crippen LogP contribution in [0.1, 0.15) is 21.5 Å². The van der Waals surface area contributed by atoms with Gasteiger partial charge in [0.2, 0.25) is 0 Å². The molecule has 106 valence electrons. The Morgan fingerprint density at radius 3 is 2.81 bits per heavy atom. The first-order chi connectivity index (χ1) is 10.1. The average molecular weight is 282 g/mol. The van der Waals surface area contributed by atoms with Crippen LogP contribution in [0.4, 0.5) is 10.1 Å². The number of carbonyl (C=O) groups excluding carboxylic acids is 1. The van der Waals surface area contributed by atoms with E-state index in [0.29, 0.717) is 16.5 Å². The van der Waals surface area contributed by atoms with Crippen LogP contribution in [-0.2, 0) is 0 Å². The Bertz CT molecular complexity index is 836. The molecule has 3 nitrogen and oxygen atoms in total. The predicted molar refractivity (Wildman–Crippen MR) is 82.1 cm³/mol. The Hall–Kier alpha value is -2.62. The second-order valence-corrected chi connectivity index (χ2v) is 5.09. The molecule has 0 aliphatic rings. The second-order valence-electron chi connectivity index (χ2n) is 5.09. The number of aromatic amines is 1. The molecule has 0 bridgehead atoms. The van der Waals surface area contributed by atoms with E-state index in [1.165, 1.54) is 12.1 Å². The zero-order chi connectivity index (χ0) is 15.0. The molecule has 0 fully saturated rings. The van der Waals surface area contributed by atoms with Crippen molar-refractivity contribution < 1.29 is 9.18 Å². The van der Waals surface area contributed by atoms with Crippen molar-refractivity contribution in [1.82, 2.24) is 4.98 Å². The van der Waals surface area contributed by atoms with E-state index >= 15 is 0 Å². The highest BCUT2D eigenvalue weighted by Crippen LogP contribution is 2.22. The standard InChI is InChI=1S/C17H15FN2O/c1-10-4-3-5-15(11(10)2)20-17(21)14-9-19-16-8-12(18)6-7-13(14)16/h3-9,19H,1-2H3,(H,20,21). The maximum atomic E-state index is 13.2. The largest absolute Gasteiger partial charge is 0.360 e. The Balaban J connectivity index is 1.96. The lowest BCUT2D eigenvalue weighted by Gasteiger charge is -2.09. The van der Waals surface area contributed by atoms with E-state index in [4.69, 9.17) is 0 Å². The number of fused-ring (bicyclic) bond motifs is 1. The number of carbonyl (C=O) groups is 1. The number of nitrogens with one attached hydrogen (secondary N) is 2. The number of H-pyrrole nitrogens is 1. The molecule has 2 aromatic carbocycles. The van der Waals surface area contributed by atoms with Gasteiger partial charge in [-0.2, -0.15) is 0 Å². The van der Waals surface area contributed by atoms with E-state index in [9.17, 15) is 9.18 Å². The zero-order valence-electron chi connectivity index (χ0n) is 11.8. The van der Waals surface area contributed by atoms with Crippen LogP contribution in [0.2, 0.25) is 0 Å². The first-order valence-electron chi connectivity index (χ1n) is 6.70. The number of amides is 1. The molecule has 3 aromatic rings. The van der Waals surface area contributed by atoms with Crippen LogP contribution in [0.25, 0.3) is 10.9 Å². The number of hydrogen-bond donors (Lipinski definition) is 2. The summed E-state index contributed by atoms with van der Waals surface area (Å²) < 4.78 is 13.2. The van der Waals surface area contributed by atoms with Gasteiger partial charge in [0.1, 0.15) is 5.82 Å². The Kier molecular flexibility index (Phi) is 3.22. The minimum Gasteiger partial charge on any atom is -0.360 e. The zero-order valence-corrected chi connectivity index (χ0v) is 11.8. The second kappa shape index (κ2) is 5.05. The Morgan fingerprint density at radius 2 is 2.00 bits per heavy atom. The van der Waals surface area contributed by atoms with Crippen molar-refractivity contribution in [3.05, 3.63) is 65.1 Å². The number of hydrogen-bond acceptors (Lipinski definition) is 1. The molecular weight excluding hydrogens is 267 g/mol. The fourth-order valence-electron chi connectivity index (χ4n) is 2.36. The van der Waals surface area contributed by atoms with Crippen molar-refractivity contribution in [3.8, 4) is 0 Å². The van der Waals surface area contributed by atoms with Crippen molar-refractivity contribution in [2.24, 2.45) is 0 Å². The van der Waals surface area contributed by atoms with E-state index in [-0.39, 0.29) is 11.7 Å². The number of halogens is 1. The predicted octanol–water partition coefficient (Wildman–Crippen LogP) is 4.18. The third-order valence-corrected chi connectivity index (χ3v) is 3.74. The number of rotatable bonds is 2. The van der Waals surface area contributed by atoms with Crippen LogP contribution in [0.3, 0.4) is 0 Å². The molecule has 2 N–H and O–H groups in total. The summed E-state index contributed by atoms with van der Waals surface area (Å²) in [4.78, 5) is 15.3. The molecule has 0 aliphatic heterocycles. The van der Waals surface area contributed by atoms with Crippen molar-refractivity contribution in [3.63, 3.8) is 0 Å². The van der Waals surface area contributed by atoms with Gasteiger partial charge in [0.25, 0.3) is 5.91 Å². The van der Waals surface area contributed by atoms with Gasteiger partial charge in [-0.15, -0.1) is 0 Å². The van der Waals surface area contributed by atoms with Gasteiger partial charge in [0.05, 0.1) is 5.56 Å². The molecule has 4 heteroatoms. The summed E-state index contributed by atoms with van der Waals surface area (Å²) >= 11 is 0. The lowest BCUT2D eigenvalue weighted by molar-refractivity contribution is 0.102. The third-order valence-electron chi connectivity index (χ3n) is 3.74. The molecule has 1 heterocycles. The van der Waals surface area contributed by atoms with Crippen molar-refractivity contribution in [2.75, 3.05) is 5.32 Å². The van der Waals surface area contributed by atoms with Gasteiger partial charge in [0.15, 0.2) is 0 Å². The maximum absolute atomic E-state index is 13.2. The van der Waals surface area contributed by atoms with Crippen molar-refractivity contribution in [2.45, 2.75) is 13.8 Å². The fraction of sp³-hybridized carbons (Fsp3) is 0.118. The number of benzene rings is 2. The molecule has 1 amide bonds. The highest BCUT2D eigenvalue weighted by molar-refractivity contribution is 6.13. The lowest BCUT2D eigenvalue weighted by atomic mass is 10.1. The summed E-state index contributed by atoms with van der Waals surface area (Å²) in [7, 11) is 0. The van der Waals surface area contributed by atoms with Gasteiger partial charge < -0.3 is 10.3 Å². The van der Waals surface area contributed by atoms with Crippen LogP contribution < -0.4 is 5.32 Å². The summed E-state index contributed by atoms with van der Waals surface area (Å²) in [6, 6.07) is 10.1. The van der Waals surface area contributed by atoms with Crippen molar-refractivity contribution >= 4 is 22.5 Å². The van der Waals surface area contributed by atoms with Gasteiger partial charge in [-0.05, 0) is 49.2 Å². The third kappa shape index (κ3) is 2.40.